The van der Waals surface area contributed by atoms with Crippen LogP contribution in [0.4, 0.5) is 0 Å². The van der Waals surface area contributed by atoms with Gasteiger partial charge in [-0.1, -0.05) is 20.8 Å². The van der Waals surface area contributed by atoms with Gasteiger partial charge in [0.1, 0.15) is 11.6 Å². The molecule has 84 valence electrons. The fourth-order valence-corrected chi connectivity index (χ4v) is 2.14. The second kappa shape index (κ2) is 4.31. The van der Waals surface area contributed by atoms with Gasteiger partial charge in [0.15, 0.2) is 0 Å². The third-order valence-electron chi connectivity index (χ3n) is 2.89. The molecule has 4 heteroatoms. The number of aromatic nitrogens is 3. The number of hydrogen-bond acceptors (Lipinski definition) is 3. The third kappa shape index (κ3) is 2.04. The van der Waals surface area contributed by atoms with Crippen molar-refractivity contribution in [2.24, 2.45) is 5.92 Å². The number of nitrogens with zero attached hydrogens (tertiary/aromatic N) is 3. The minimum absolute atomic E-state index is 0.396. The lowest BCUT2D eigenvalue weighted by Gasteiger charge is -2.24. The van der Waals surface area contributed by atoms with Gasteiger partial charge in [0.25, 0.3) is 0 Å². The molecule has 1 aliphatic heterocycles. The molecule has 1 N–H and O–H groups in total. The van der Waals surface area contributed by atoms with Gasteiger partial charge in [-0.3, -0.25) is 0 Å². The Morgan fingerprint density at radius 2 is 2.27 bits per heavy atom. The SMILES string of the molecule is CCC1NCCn2c(CC(C)C)nnc21. The van der Waals surface area contributed by atoms with Crippen molar-refractivity contribution in [3.8, 4) is 0 Å². The summed E-state index contributed by atoms with van der Waals surface area (Å²) in [5.41, 5.74) is 0. The summed E-state index contributed by atoms with van der Waals surface area (Å²) in [4.78, 5) is 0. The van der Waals surface area contributed by atoms with Gasteiger partial charge in [-0.05, 0) is 12.3 Å². The van der Waals surface area contributed by atoms with Crippen molar-refractivity contribution in [1.29, 1.82) is 0 Å². The summed E-state index contributed by atoms with van der Waals surface area (Å²) in [7, 11) is 0. The average molecular weight is 208 g/mol. The summed E-state index contributed by atoms with van der Waals surface area (Å²) < 4.78 is 2.30. The van der Waals surface area contributed by atoms with Gasteiger partial charge in [0.2, 0.25) is 0 Å². The Kier molecular flexibility index (Phi) is 3.05. The van der Waals surface area contributed by atoms with Crippen LogP contribution >= 0.6 is 0 Å². The van der Waals surface area contributed by atoms with Crippen LogP contribution in [-0.4, -0.2) is 21.3 Å². The van der Waals surface area contributed by atoms with E-state index in [0.717, 1.165) is 37.6 Å². The van der Waals surface area contributed by atoms with Crippen LogP contribution in [-0.2, 0) is 13.0 Å². The molecule has 1 aromatic rings. The van der Waals surface area contributed by atoms with Crippen molar-refractivity contribution < 1.29 is 0 Å². The van der Waals surface area contributed by atoms with Crippen molar-refractivity contribution in [3.05, 3.63) is 11.6 Å². The second-order valence-electron chi connectivity index (χ2n) is 4.64. The Bertz CT molecular complexity index is 329. The first kappa shape index (κ1) is 10.6. The number of rotatable bonds is 3. The standard InChI is InChI=1S/C11H20N4/c1-4-9-11-14-13-10(7-8(2)3)15(11)6-5-12-9/h8-9,12H,4-7H2,1-3H3. The van der Waals surface area contributed by atoms with E-state index in [1.807, 2.05) is 0 Å². The molecule has 0 bridgehead atoms. The number of nitrogens with one attached hydrogen (secondary N) is 1. The summed E-state index contributed by atoms with van der Waals surface area (Å²) >= 11 is 0. The lowest BCUT2D eigenvalue weighted by Crippen LogP contribution is -2.34. The molecule has 0 aliphatic carbocycles. The van der Waals surface area contributed by atoms with Crippen molar-refractivity contribution >= 4 is 0 Å². The first-order valence-electron chi connectivity index (χ1n) is 5.87. The van der Waals surface area contributed by atoms with E-state index in [1.165, 1.54) is 0 Å². The number of hydrogen-bond donors (Lipinski definition) is 1. The lowest BCUT2D eigenvalue weighted by atomic mass is 10.1. The van der Waals surface area contributed by atoms with Gasteiger partial charge in [-0.2, -0.15) is 0 Å². The fraction of sp³-hybridized carbons (Fsp3) is 0.818. The molecule has 2 rings (SSSR count). The molecule has 1 aliphatic rings. The highest BCUT2D eigenvalue weighted by molar-refractivity contribution is 5.04. The van der Waals surface area contributed by atoms with Gasteiger partial charge in [0, 0.05) is 19.5 Å². The van der Waals surface area contributed by atoms with E-state index in [2.05, 4.69) is 40.9 Å². The minimum Gasteiger partial charge on any atom is -0.312 e. The quantitative estimate of drug-likeness (QED) is 0.819. The van der Waals surface area contributed by atoms with Crippen molar-refractivity contribution in [3.63, 3.8) is 0 Å². The maximum absolute atomic E-state index is 4.31. The summed E-state index contributed by atoms with van der Waals surface area (Å²) in [6.07, 6.45) is 2.11. The Labute approximate surface area is 91.1 Å². The van der Waals surface area contributed by atoms with Crippen LogP contribution in [0.2, 0.25) is 0 Å². The molecular formula is C11H20N4. The van der Waals surface area contributed by atoms with Crippen molar-refractivity contribution in [1.82, 2.24) is 20.1 Å². The normalized spacial score (nSPS) is 20.7. The van der Waals surface area contributed by atoms with Crippen LogP contribution < -0.4 is 5.32 Å². The van der Waals surface area contributed by atoms with Crippen LogP contribution in [0, 0.1) is 5.92 Å². The zero-order chi connectivity index (χ0) is 10.8. The van der Waals surface area contributed by atoms with Crippen LogP contribution in [0.3, 0.4) is 0 Å². The molecule has 1 atom stereocenters. The van der Waals surface area contributed by atoms with E-state index in [1.54, 1.807) is 0 Å². The van der Waals surface area contributed by atoms with E-state index in [-0.39, 0.29) is 0 Å². The minimum atomic E-state index is 0.396. The zero-order valence-electron chi connectivity index (χ0n) is 9.82. The molecule has 0 amide bonds. The topological polar surface area (TPSA) is 42.7 Å². The van der Waals surface area contributed by atoms with Gasteiger partial charge in [-0.25, -0.2) is 0 Å². The molecule has 15 heavy (non-hydrogen) atoms. The smallest absolute Gasteiger partial charge is 0.150 e. The summed E-state index contributed by atoms with van der Waals surface area (Å²) in [6, 6.07) is 0.396. The molecule has 1 unspecified atom stereocenters. The Morgan fingerprint density at radius 1 is 1.47 bits per heavy atom. The van der Waals surface area contributed by atoms with Gasteiger partial charge >= 0.3 is 0 Å². The van der Waals surface area contributed by atoms with Crippen LogP contribution in [0.5, 0.6) is 0 Å². The van der Waals surface area contributed by atoms with Crippen LogP contribution in [0.1, 0.15) is 44.9 Å². The predicted octanol–water partition coefficient (Wildman–Crippen LogP) is 1.53. The average Bonchev–Trinajstić information content (AvgIpc) is 2.61. The highest BCUT2D eigenvalue weighted by Gasteiger charge is 2.23. The van der Waals surface area contributed by atoms with E-state index in [0.29, 0.717) is 12.0 Å². The largest absolute Gasteiger partial charge is 0.312 e. The highest BCUT2D eigenvalue weighted by Crippen LogP contribution is 2.20. The Morgan fingerprint density at radius 3 is 2.93 bits per heavy atom. The van der Waals surface area contributed by atoms with E-state index in [9.17, 15) is 0 Å². The van der Waals surface area contributed by atoms with Gasteiger partial charge in [0.05, 0.1) is 6.04 Å². The third-order valence-corrected chi connectivity index (χ3v) is 2.89. The Balaban J connectivity index is 2.25. The molecule has 0 spiro atoms. The monoisotopic (exact) mass is 208 g/mol. The molecule has 0 saturated carbocycles. The van der Waals surface area contributed by atoms with E-state index in [4.69, 9.17) is 0 Å². The Hall–Kier alpha value is -0.900. The molecule has 0 saturated heterocycles. The zero-order valence-corrected chi connectivity index (χ0v) is 9.82. The second-order valence-corrected chi connectivity index (χ2v) is 4.64. The maximum Gasteiger partial charge on any atom is 0.150 e. The molecule has 1 aromatic heterocycles. The van der Waals surface area contributed by atoms with Crippen LogP contribution in [0.15, 0.2) is 0 Å². The molecule has 0 fully saturated rings. The first-order valence-corrected chi connectivity index (χ1v) is 5.87. The fourth-order valence-electron chi connectivity index (χ4n) is 2.14. The molecule has 4 nitrogen and oxygen atoms in total. The first-order chi connectivity index (χ1) is 7.22. The van der Waals surface area contributed by atoms with E-state index >= 15 is 0 Å². The molecule has 0 radical (unpaired) electrons. The summed E-state index contributed by atoms with van der Waals surface area (Å²) in [6.45, 7) is 8.68. The lowest BCUT2D eigenvalue weighted by molar-refractivity contribution is 0.397. The van der Waals surface area contributed by atoms with Crippen molar-refractivity contribution in [2.75, 3.05) is 6.54 Å². The summed E-state index contributed by atoms with van der Waals surface area (Å²) in [5, 5.41) is 12.1. The molecular weight excluding hydrogens is 188 g/mol. The maximum atomic E-state index is 4.31. The molecule has 0 aromatic carbocycles. The summed E-state index contributed by atoms with van der Waals surface area (Å²) in [5.74, 6) is 2.92. The van der Waals surface area contributed by atoms with E-state index < -0.39 is 0 Å². The van der Waals surface area contributed by atoms with Crippen LogP contribution in [0.25, 0.3) is 0 Å². The number of fused-ring (bicyclic) bond motifs is 1. The van der Waals surface area contributed by atoms with Gasteiger partial charge < -0.3 is 9.88 Å². The predicted molar refractivity (Wildman–Crippen MR) is 59.6 cm³/mol. The molecule has 2 heterocycles. The van der Waals surface area contributed by atoms with Crippen molar-refractivity contribution in [2.45, 2.75) is 46.2 Å². The van der Waals surface area contributed by atoms with Gasteiger partial charge in [-0.15, -0.1) is 10.2 Å². The highest BCUT2D eigenvalue weighted by atomic mass is 15.3.